The standard InChI is InChI=1S/C12H11NO3/c1-7-4-3-5-8-9(7)6-10(12(15)16-2)13-11(8)14/h3-6H,1-2H3,(H,13,14). The Bertz CT molecular complexity index is 613. The molecule has 0 radical (unpaired) electrons. The van der Waals surface area contributed by atoms with Crippen molar-refractivity contribution >= 4 is 16.7 Å². The Hall–Kier alpha value is -2.10. The fourth-order valence-corrected chi connectivity index (χ4v) is 1.66. The number of pyridine rings is 1. The van der Waals surface area contributed by atoms with E-state index in [2.05, 4.69) is 9.72 Å². The van der Waals surface area contributed by atoms with Gasteiger partial charge in [0.15, 0.2) is 0 Å². The van der Waals surface area contributed by atoms with E-state index >= 15 is 0 Å². The Morgan fingerprint density at radius 2 is 2.06 bits per heavy atom. The van der Waals surface area contributed by atoms with Gasteiger partial charge < -0.3 is 9.72 Å². The van der Waals surface area contributed by atoms with Gasteiger partial charge in [-0.15, -0.1) is 0 Å². The maximum atomic E-state index is 11.7. The van der Waals surface area contributed by atoms with Gasteiger partial charge in [0.1, 0.15) is 5.69 Å². The number of aromatic amines is 1. The average Bonchev–Trinajstić information content (AvgIpc) is 2.29. The van der Waals surface area contributed by atoms with Crippen molar-refractivity contribution in [3.8, 4) is 0 Å². The smallest absolute Gasteiger partial charge is 0.354 e. The van der Waals surface area contributed by atoms with Crippen molar-refractivity contribution in [1.82, 2.24) is 4.98 Å². The van der Waals surface area contributed by atoms with Crippen molar-refractivity contribution < 1.29 is 9.53 Å². The summed E-state index contributed by atoms with van der Waals surface area (Å²) in [6, 6.07) is 7.06. The van der Waals surface area contributed by atoms with Gasteiger partial charge in [0.2, 0.25) is 0 Å². The lowest BCUT2D eigenvalue weighted by Gasteiger charge is -2.04. The number of nitrogens with one attached hydrogen (secondary N) is 1. The lowest BCUT2D eigenvalue weighted by Crippen LogP contribution is -2.14. The molecular weight excluding hydrogens is 206 g/mol. The summed E-state index contributed by atoms with van der Waals surface area (Å²) < 4.78 is 4.57. The number of fused-ring (bicyclic) bond motifs is 1. The first-order valence-corrected chi connectivity index (χ1v) is 4.84. The molecule has 1 heterocycles. The Labute approximate surface area is 91.9 Å². The zero-order chi connectivity index (χ0) is 11.7. The van der Waals surface area contributed by atoms with Crippen molar-refractivity contribution in [2.45, 2.75) is 6.92 Å². The second-order valence-electron chi connectivity index (χ2n) is 3.54. The normalized spacial score (nSPS) is 10.4. The van der Waals surface area contributed by atoms with Crippen LogP contribution in [0.4, 0.5) is 0 Å². The van der Waals surface area contributed by atoms with E-state index in [0.717, 1.165) is 10.9 Å². The fourth-order valence-electron chi connectivity index (χ4n) is 1.66. The van der Waals surface area contributed by atoms with E-state index in [1.165, 1.54) is 7.11 Å². The quantitative estimate of drug-likeness (QED) is 0.738. The van der Waals surface area contributed by atoms with Crippen LogP contribution in [0.25, 0.3) is 10.8 Å². The Kier molecular flexibility index (Phi) is 2.48. The van der Waals surface area contributed by atoms with Gasteiger partial charge >= 0.3 is 5.97 Å². The number of hydrogen-bond acceptors (Lipinski definition) is 3. The zero-order valence-corrected chi connectivity index (χ0v) is 9.03. The van der Waals surface area contributed by atoms with Crippen LogP contribution in [-0.2, 0) is 4.74 Å². The Balaban J connectivity index is 2.80. The van der Waals surface area contributed by atoms with Gasteiger partial charge in [0.05, 0.1) is 7.11 Å². The van der Waals surface area contributed by atoms with Crippen LogP contribution in [0.5, 0.6) is 0 Å². The SMILES string of the molecule is COC(=O)c1cc2c(C)cccc2c(=O)[nH]1. The van der Waals surface area contributed by atoms with E-state index in [9.17, 15) is 9.59 Å². The number of carbonyl (C=O) groups excluding carboxylic acids is 1. The van der Waals surface area contributed by atoms with Crippen molar-refractivity contribution in [2.75, 3.05) is 7.11 Å². The highest BCUT2D eigenvalue weighted by Crippen LogP contribution is 2.15. The summed E-state index contributed by atoms with van der Waals surface area (Å²) in [5.41, 5.74) is 0.852. The van der Waals surface area contributed by atoms with Crippen LogP contribution in [0, 0.1) is 6.92 Å². The van der Waals surface area contributed by atoms with E-state index in [4.69, 9.17) is 0 Å². The molecule has 82 valence electrons. The molecule has 0 saturated carbocycles. The molecule has 0 saturated heterocycles. The molecule has 2 rings (SSSR count). The second-order valence-corrected chi connectivity index (χ2v) is 3.54. The second kappa shape index (κ2) is 3.81. The van der Waals surface area contributed by atoms with Gasteiger partial charge in [-0.1, -0.05) is 12.1 Å². The molecule has 0 bridgehead atoms. The molecule has 0 spiro atoms. The minimum atomic E-state index is -0.540. The summed E-state index contributed by atoms with van der Waals surface area (Å²) in [5, 5.41) is 1.35. The highest BCUT2D eigenvalue weighted by Gasteiger charge is 2.10. The number of methoxy groups -OCH3 is 1. The third kappa shape index (κ3) is 1.58. The zero-order valence-electron chi connectivity index (χ0n) is 9.03. The molecule has 0 fully saturated rings. The van der Waals surface area contributed by atoms with Crippen LogP contribution in [0.3, 0.4) is 0 Å². The van der Waals surface area contributed by atoms with E-state index in [0.29, 0.717) is 5.39 Å². The predicted molar refractivity (Wildman–Crippen MR) is 60.6 cm³/mol. The molecular formula is C12H11NO3. The lowest BCUT2D eigenvalue weighted by molar-refractivity contribution is 0.0594. The molecule has 2 aromatic rings. The molecule has 1 aromatic heterocycles. The molecule has 1 aromatic carbocycles. The van der Waals surface area contributed by atoms with Crippen LogP contribution in [0.15, 0.2) is 29.1 Å². The third-order valence-electron chi connectivity index (χ3n) is 2.51. The van der Waals surface area contributed by atoms with Crippen LogP contribution >= 0.6 is 0 Å². The Morgan fingerprint density at radius 3 is 2.75 bits per heavy atom. The highest BCUT2D eigenvalue weighted by atomic mass is 16.5. The molecule has 0 unspecified atom stereocenters. The van der Waals surface area contributed by atoms with Gasteiger partial charge in [-0.3, -0.25) is 4.79 Å². The van der Waals surface area contributed by atoms with Gasteiger partial charge in [0.25, 0.3) is 5.56 Å². The van der Waals surface area contributed by atoms with Crippen LogP contribution in [0.2, 0.25) is 0 Å². The summed E-state index contributed by atoms with van der Waals surface area (Å²) >= 11 is 0. The summed E-state index contributed by atoms with van der Waals surface area (Å²) in [4.78, 5) is 25.5. The molecule has 1 N–H and O–H groups in total. The van der Waals surface area contributed by atoms with Gasteiger partial charge in [0, 0.05) is 5.39 Å². The van der Waals surface area contributed by atoms with Crippen molar-refractivity contribution in [1.29, 1.82) is 0 Å². The third-order valence-corrected chi connectivity index (χ3v) is 2.51. The van der Waals surface area contributed by atoms with Gasteiger partial charge in [-0.2, -0.15) is 0 Å². The van der Waals surface area contributed by atoms with Crippen molar-refractivity contribution in [2.24, 2.45) is 0 Å². The first-order valence-electron chi connectivity index (χ1n) is 4.84. The topological polar surface area (TPSA) is 59.2 Å². The minimum Gasteiger partial charge on any atom is -0.464 e. The van der Waals surface area contributed by atoms with E-state index < -0.39 is 5.97 Å². The number of benzene rings is 1. The molecule has 0 aliphatic heterocycles. The number of rotatable bonds is 1. The number of hydrogen-bond donors (Lipinski definition) is 1. The lowest BCUT2D eigenvalue weighted by atomic mass is 10.1. The number of H-pyrrole nitrogens is 1. The molecule has 0 amide bonds. The largest absolute Gasteiger partial charge is 0.464 e. The van der Waals surface area contributed by atoms with Crippen molar-refractivity contribution in [3.05, 3.63) is 45.9 Å². The first-order chi connectivity index (χ1) is 7.63. The van der Waals surface area contributed by atoms with Crippen LogP contribution in [-0.4, -0.2) is 18.1 Å². The first kappa shape index (κ1) is 10.4. The summed E-state index contributed by atoms with van der Waals surface area (Å²) in [6.45, 7) is 1.89. The van der Waals surface area contributed by atoms with E-state index in [1.807, 2.05) is 19.1 Å². The summed E-state index contributed by atoms with van der Waals surface area (Å²) in [7, 11) is 1.28. The maximum Gasteiger partial charge on any atom is 0.354 e. The number of aryl methyl sites for hydroxylation is 1. The molecule has 0 aliphatic carbocycles. The number of carbonyl (C=O) groups is 1. The minimum absolute atomic E-state index is 0.175. The monoisotopic (exact) mass is 217 g/mol. The number of esters is 1. The van der Waals surface area contributed by atoms with Crippen molar-refractivity contribution in [3.63, 3.8) is 0 Å². The molecule has 4 nitrogen and oxygen atoms in total. The van der Waals surface area contributed by atoms with Crippen LogP contribution in [0.1, 0.15) is 16.1 Å². The summed E-state index contributed by atoms with van der Waals surface area (Å²) in [5.74, 6) is -0.540. The Morgan fingerprint density at radius 1 is 1.31 bits per heavy atom. The van der Waals surface area contributed by atoms with E-state index in [1.54, 1.807) is 12.1 Å². The molecule has 0 atom stereocenters. The fraction of sp³-hybridized carbons (Fsp3) is 0.167. The van der Waals surface area contributed by atoms with Crippen LogP contribution < -0.4 is 5.56 Å². The average molecular weight is 217 g/mol. The maximum absolute atomic E-state index is 11.7. The van der Waals surface area contributed by atoms with Gasteiger partial charge in [-0.25, -0.2) is 4.79 Å². The summed E-state index contributed by atoms with van der Waals surface area (Å²) in [6.07, 6.45) is 0. The molecule has 16 heavy (non-hydrogen) atoms. The van der Waals surface area contributed by atoms with Gasteiger partial charge in [-0.05, 0) is 30.0 Å². The molecule has 0 aliphatic rings. The predicted octanol–water partition coefficient (Wildman–Crippen LogP) is 1.62. The highest BCUT2D eigenvalue weighted by molar-refractivity contribution is 5.94. The van der Waals surface area contributed by atoms with E-state index in [-0.39, 0.29) is 11.3 Å². The molecule has 4 heteroatoms. The number of ether oxygens (including phenoxy) is 1. The number of aromatic nitrogens is 1.